The van der Waals surface area contributed by atoms with Gasteiger partial charge in [-0.05, 0) is 55.4 Å². The fraction of sp³-hybridized carbons (Fsp3) is 0.440. The Kier molecular flexibility index (Phi) is 5.08. The van der Waals surface area contributed by atoms with Crippen LogP contribution in [0, 0.1) is 11.8 Å². The fourth-order valence-corrected chi connectivity index (χ4v) is 4.56. The average Bonchev–Trinajstić information content (AvgIpc) is 3.70. The highest BCUT2D eigenvalue weighted by molar-refractivity contribution is 5.91. The largest absolute Gasteiger partial charge is 0.466 e. The summed E-state index contributed by atoms with van der Waals surface area (Å²) < 4.78 is 16.1. The molecule has 0 aromatic heterocycles. The number of carbonyl (C=O) groups excluding carboxylic acids is 2. The van der Waals surface area contributed by atoms with Crippen LogP contribution in [0.1, 0.15) is 37.3 Å². The highest BCUT2D eigenvalue weighted by Crippen LogP contribution is 2.50. The van der Waals surface area contributed by atoms with Crippen LogP contribution in [0.25, 0.3) is 0 Å². The van der Waals surface area contributed by atoms with Crippen molar-refractivity contribution in [2.75, 3.05) is 19.9 Å². The number of nitrogens with zero attached hydrogens (tertiary/aromatic N) is 1. The van der Waals surface area contributed by atoms with Gasteiger partial charge in [-0.1, -0.05) is 36.4 Å². The van der Waals surface area contributed by atoms with Crippen LogP contribution in [0.5, 0.6) is 11.5 Å². The molecule has 6 nitrogen and oxygen atoms in total. The van der Waals surface area contributed by atoms with E-state index in [2.05, 4.69) is 0 Å². The number of amides is 1. The molecule has 2 fully saturated rings. The van der Waals surface area contributed by atoms with Gasteiger partial charge in [0, 0.05) is 13.1 Å². The van der Waals surface area contributed by atoms with E-state index in [0.717, 1.165) is 36.1 Å². The molecule has 0 unspecified atom stereocenters. The second kappa shape index (κ2) is 7.91. The van der Waals surface area contributed by atoms with Crippen molar-refractivity contribution in [3.8, 4) is 11.5 Å². The molecular formula is C25H27NO5. The monoisotopic (exact) mass is 421 g/mol. The van der Waals surface area contributed by atoms with Gasteiger partial charge < -0.3 is 19.1 Å². The quantitative estimate of drug-likeness (QED) is 0.609. The summed E-state index contributed by atoms with van der Waals surface area (Å²) in [5.41, 5.74) is 1.63. The van der Waals surface area contributed by atoms with Crippen molar-refractivity contribution in [3.63, 3.8) is 0 Å². The predicted octanol–water partition coefficient (Wildman–Crippen LogP) is 3.67. The van der Waals surface area contributed by atoms with Crippen LogP contribution >= 0.6 is 0 Å². The first kappa shape index (κ1) is 19.9. The maximum absolute atomic E-state index is 13.8. The van der Waals surface area contributed by atoms with Gasteiger partial charge in [0.1, 0.15) is 0 Å². The molecule has 5 rings (SSSR count). The molecule has 0 spiro atoms. The summed E-state index contributed by atoms with van der Waals surface area (Å²) in [4.78, 5) is 27.8. The zero-order valence-electron chi connectivity index (χ0n) is 17.7. The number of ether oxygens (including phenoxy) is 3. The van der Waals surface area contributed by atoms with E-state index in [1.807, 2.05) is 60.4 Å². The molecule has 1 aliphatic heterocycles. The van der Waals surface area contributed by atoms with Crippen LogP contribution in [0.3, 0.4) is 0 Å². The van der Waals surface area contributed by atoms with Crippen LogP contribution in [0.2, 0.25) is 0 Å². The summed E-state index contributed by atoms with van der Waals surface area (Å²) in [6.45, 7) is 3.48. The Balaban J connectivity index is 1.37. The highest BCUT2D eigenvalue weighted by atomic mass is 16.7. The molecule has 31 heavy (non-hydrogen) atoms. The van der Waals surface area contributed by atoms with Crippen molar-refractivity contribution in [1.82, 2.24) is 4.90 Å². The van der Waals surface area contributed by atoms with Gasteiger partial charge in [0.25, 0.3) is 0 Å². The average molecular weight is 421 g/mol. The van der Waals surface area contributed by atoms with E-state index in [9.17, 15) is 9.59 Å². The molecule has 2 aliphatic carbocycles. The van der Waals surface area contributed by atoms with Gasteiger partial charge in [-0.2, -0.15) is 0 Å². The molecule has 0 saturated heterocycles. The number of rotatable bonds is 8. The third-order valence-electron chi connectivity index (χ3n) is 6.55. The maximum atomic E-state index is 13.8. The first-order chi connectivity index (χ1) is 15.1. The Labute approximate surface area is 182 Å². The molecule has 2 saturated carbocycles. The molecule has 2 aromatic carbocycles. The number of hydrogen-bond donors (Lipinski definition) is 0. The van der Waals surface area contributed by atoms with Gasteiger partial charge in [0.15, 0.2) is 11.5 Å². The minimum atomic E-state index is -0.439. The first-order valence-electron chi connectivity index (χ1n) is 11.0. The topological polar surface area (TPSA) is 65.1 Å². The summed E-state index contributed by atoms with van der Waals surface area (Å²) in [7, 11) is 0. The summed E-state index contributed by atoms with van der Waals surface area (Å²) in [5.74, 6) is 1.50. The molecule has 0 radical (unpaired) electrons. The fourth-order valence-electron chi connectivity index (χ4n) is 4.56. The van der Waals surface area contributed by atoms with Crippen molar-refractivity contribution in [2.45, 2.75) is 38.1 Å². The van der Waals surface area contributed by atoms with Crippen LogP contribution in [0.4, 0.5) is 0 Å². The third-order valence-corrected chi connectivity index (χ3v) is 6.55. The van der Waals surface area contributed by atoms with Gasteiger partial charge in [0.2, 0.25) is 12.7 Å². The second-order valence-corrected chi connectivity index (χ2v) is 8.68. The lowest BCUT2D eigenvalue weighted by atomic mass is 9.94. The Morgan fingerprint density at radius 2 is 1.87 bits per heavy atom. The van der Waals surface area contributed by atoms with Gasteiger partial charge in [-0.3, -0.25) is 9.59 Å². The minimum absolute atomic E-state index is 0.0983. The van der Waals surface area contributed by atoms with E-state index in [1.165, 1.54) is 0 Å². The van der Waals surface area contributed by atoms with Crippen molar-refractivity contribution in [1.29, 1.82) is 0 Å². The lowest BCUT2D eigenvalue weighted by Crippen LogP contribution is -2.40. The van der Waals surface area contributed by atoms with Gasteiger partial charge in [-0.25, -0.2) is 0 Å². The van der Waals surface area contributed by atoms with E-state index in [0.29, 0.717) is 25.4 Å². The second-order valence-electron chi connectivity index (χ2n) is 8.68. The van der Waals surface area contributed by atoms with E-state index >= 15 is 0 Å². The highest BCUT2D eigenvalue weighted by Gasteiger charge is 2.54. The predicted molar refractivity (Wildman–Crippen MR) is 114 cm³/mol. The molecule has 1 heterocycles. The van der Waals surface area contributed by atoms with Gasteiger partial charge in [-0.15, -0.1) is 0 Å². The van der Waals surface area contributed by atoms with Crippen LogP contribution in [-0.2, 0) is 26.3 Å². The normalized spacial score (nSPS) is 22.0. The standard InChI is InChI=1S/C25H27NO5/c1-2-29-23(27)20-13-18(20)15-26(14-17-8-9-21-22(12-17)31-16-30-21)24(28)25(10-11-25)19-6-4-3-5-7-19/h3-9,12,18,20H,2,10-11,13-16H2,1H3/t18-,20-/m1/s1. The Morgan fingerprint density at radius 1 is 1.10 bits per heavy atom. The zero-order valence-corrected chi connectivity index (χ0v) is 17.7. The molecular weight excluding hydrogens is 394 g/mol. The smallest absolute Gasteiger partial charge is 0.309 e. The Bertz CT molecular complexity index is 985. The number of esters is 1. The molecule has 2 atom stereocenters. The number of fused-ring (bicyclic) bond motifs is 1. The van der Waals surface area contributed by atoms with Crippen LogP contribution < -0.4 is 9.47 Å². The van der Waals surface area contributed by atoms with Crippen LogP contribution in [-0.4, -0.2) is 36.7 Å². The van der Waals surface area contributed by atoms with E-state index < -0.39 is 5.41 Å². The number of carbonyl (C=O) groups is 2. The van der Waals surface area contributed by atoms with E-state index in [-0.39, 0.29) is 30.5 Å². The van der Waals surface area contributed by atoms with Crippen molar-refractivity contribution >= 4 is 11.9 Å². The van der Waals surface area contributed by atoms with Gasteiger partial charge >= 0.3 is 5.97 Å². The third kappa shape index (κ3) is 3.87. The van der Waals surface area contributed by atoms with E-state index in [1.54, 1.807) is 0 Å². The summed E-state index contributed by atoms with van der Waals surface area (Å²) in [5, 5.41) is 0. The molecule has 1 amide bonds. The SMILES string of the molecule is CCOC(=O)[C@@H]1C[C@@H]1CN(Cc1ccc2c(c1)OCO2)C(=O)C1(c2ccccc2)CC1. The molecule has 162 valence electrons. The zero-order chi connectivity index (χ0) is 21.4. The van der Waals surface area contributed by atoms with Crippen LogP contribution in [0.15, 0.2) is 48.5 Å². The van der Waals surface area contributed by atoms with E-state index in [4.69, 9.17) is 14.2 Å². The van der Waals surface area contributed by atoms with Crippen molar-refractivity contribution in [3.05, 3.63) is 59.7 Å². The lowest BCUT2D eigenvalue weighted by Gasteiger charge is -2.28. The lowest BCUT2D eigenvalue weighted by molar-refractivity contribution is -0.145. The molecule has 2 aromatic rings. The van der Waals surface area contributed by atoms with Crippen molar-refractivity contribution < 1.29 is 23.8 Å². The molecule has 0 N–H and O–H groups in total. The Hall–Kier alpha value is -3.02. The minimum Gasteiger partial charge on any atom is -0.466 e. The summed E-state index contributed by atoms with van der Waals surface area (Å²) in [6, 6.07) is 15.9. The summed E-state index contributed by atoms with van der Waals surface area (Å²) in [6.07, 6.45) is 2.50. The molecule has 3 aliphatic rings. The van der Waals surface area contributed by atoms with Crippen molar-refractivity contribution in [2.24, 2.45) is 11.8 Å². The maximum Gasteiger partial charge on any atom is 0.309 e. The number of hydrogen-bond acceptors (Lipinski definition) is 5. The molecule has 6 heteroatoms. The number of benzene rings is 2. The Morgan fingerprint density at radius 3 is 2.61 bits per heavy atom. The molecule has 0 bridgehead atoms. The first-order valence-corrected chi connectivity index (χ1v) is 11.0. The van der Waals surface area contributed by atoms with Gasteiger partial charge in [0.05, 0.1) is 17.9 Å². The summed E-state index contributed by atoms with van der Waals surface area (Å²) >= 11 is 0.